The first-order valence-electron chi connectivity index (χ1n) is 6.07. The largest absolute Gasteiger partial charge is 0.478 e. The summed E-state index contributed by atoms with van der Waals surface area (Å²) in [6.45, 7) is 4.44. The van der Waals surface area contributed by atoms with Gasteiger partial charge in [-0.05, 0) is 24.1 Å². The van der Waals surface area contributed by atoms with Crippen molar-refractivity contribution in [3.63, 3.8) is 0 Å². The first-order valence-corrected chi connectivity index (χ1v) is 8.10. The van der Waals surface area contributed by atoms with Gasteiger partial charge in [-0.2, -0.15) is 0 Å². The maximum atomic E-state index is 12.1. The van der Waals surface area contributed by atoms with Crippen LogP contribution in [0, 0.1) is 5.92 Å². The van der Waals surface area contributed by atoms with Crippen molar-refractivity contribution >= 4 is 27.4 Å². The van der Waals surface area contributed by atoms with Crippen LogP contribution in [-0.4, -0.2) is 38.5 Å². The Bertz CT molecular complexity index is 580. The highest BCUT2D eigenvalue weighted by Gasteiger charge is 2.20. The maximum Gasteiger partial charge on any atom is 0.335 e. The van der Waals surface area contributed by atoms with E-state index in [9.17, 15) is 13.2 Å². The van der Waals surface area contributed by atoms with Crippen molar-refractivity contribution in [2.75, 3.05) is 19.0 Å². The molecule has 0 bridgehead atoms. The smallest absolute Gasteiger partial charge is 0.335 e. The van der Waals surface area contributed by atoms with Crippen molar-refractivity contribution in [3.8, 4) is 0 Å². The van der Waals surface area contributed by atoms with Gasteiger partial charge in [0.15, 0.2) is 9.84 Å². The molecule has 0 saturated carbocycles. The Labute approximate surface area is 123 Å². The predicted octanol–water partition coefficient (Wildman–Crippen LogP) is 2.48. The summed E-state index contributed by atoms with van der Waals surface area (Å²) in [4.78, 5) is 10.7. The van der Waals surface area contributed by atoms with Crippen LogP contribution in [0.2, 0.25) is 5.02 Å². The zero-order valence-corrected chi connectivity index (χ0v) is 12.9. The number of carbonyl (C=O) groups is 1. The monoisotopic (exact) mass is 320 g/mol. The molecule has 0 aliphatic carbocycles. The highest BCUT2D eigenvalue weighted by molar-refractivity contribution is 7.91. The van der Waals surface area contributed by atoms with Crippen LogP contribution >= 0.6 is 11.6 Å². The summed E-state index contributed by atoms with van der Waals surface area (Å²) >= 11 is 5.84. The third kappa shape index (κ3) is 4.77. The predicted molar refractivity (Wildman–Crippen MR) is 76.1 cm³/mol. The Balaban J connectivity index is 2.86. The fraction of sp³-hybridized carbons (Fsp3) is 0.462. The van der Waals surface area contributed by atoms with Crippen LogP contribution in [0.3, 0.4) is 0 Å². The fourth-order valence-electron chi connectivity index (χ4n) is 1.47. The number of hydrogen-bond acceptors (Lipinski definition) is 4. The second kappa shape index (κ2) is 7.06. The number of carboxylic acids is 1. The zero-order valence-electron chi connectivity index (χ0n) is 11.3. The van der Waals surface area contributed by atoms with E-state index in [0.717, 1.165) is 6.07 Å². The average molecular weight is 321 g/mol. The molecule has 0 radical (unpaired) electrons. The third-order valence-electron chi connectivity index (χ3n) is 2.46. The molecule has 0 spiro atoms. The van der Waals surface area contributed by atoms with Crippen molar-refractivity contribution in [2.45, 2.75) is 18.7 Å². The molecule has 0 heterocycles. The molecule has 20 heavy (non-hydrogen) atoms. The van der Waals surface area contributed by atoms with E-state index in [1.807, 2.05) is 13.8 Å². The Morgan fingerprint density at radius 2 is 2.05 bits per heavy atom. The number of sulfone groups is 1. The highest BCUT2D eigenvalue weighted by atomic mass is 35.5. The molecule has 1 rings (SSSR count). The maximum absolute atomic E-state index is 12.1. The van der Waals surface area contributed by atoms with Crippen LogP contribution in [0.15, 0.2) is 23.1 Å². The van der Waals surface area contributed by atoms with Gasteiger partial charge in [0.1, 0.15) is 0 Å². The van der Waals surface area contributed by atoms with Gasteiger partial charge in [-0.15, -0.1) is 0 Å². The molecule has 0 saturated heterocycles. The molecule has 0 aromatic heterocycles. The van der Waals surface area contributed by atoms with Gasteiger partial charge in [-0.3, -0.25) is 0 Å². The van der Waals surface area contributed by atoms with Crippen LogP contribution in [0.1, 0.15) is 24.2 Å². The summed E-state index contributed by atoms with van der Waals surface area (Å²) < 4.78 is 29.5. The first-order chi connectivity index (χ1) is 9.24. The van der Waals surface area contributed by atoms with Crippen LogP contribution in [0.4, 0.5) is 0 Å². The number of benzene rings is 1. The van der Waals surface area contributed by atoms with Crippen molar-refractivity contribution in [1.29, 1.82) is 0 Å². The van der Waals surface area contributed by atoms with E-state index in [2.05, 4.69) is 0 Å². The Kier molecular flexibility index (Phi) is 5.98. The van der Waals surface area contributed by atoms with Gasteiger partial charge < -0.3 is 9.84 Å². The summed E-state index contributed by atoms with van der Waals surface area (Å²) in [5.41, 5.74) is -0.115. The van der Waals surface area contributed by atoms with Gasteiger partial charge in [0, 0.05) is 6.61 Å². The lowest BCUT2D eigenvalue weighted by molar-refractivity contribution is 0.0696. The Morgan fingerprint density at radius 3 is 2.60 bits per heavy atom. The molecule has 1 aromatic carbocycles. The molecule has 0 fully saturated rings. The molecule has 0 aliphatic rings. The second-order valence-corrected chi connectivity index (χ2v) is 7.22. The van der Waals surface area contributed by atoms with Crippen LogP contribution in [-0.2, 0) is 14.6 Å². The first kappa shape index (κ1) is 16.9. The van der Waals surface area contributed by atoms with Gasteiger partial charge in [0.05, 0.1) is 27.8 Å². The van der Waals surface area contributed by atoms with E-state index in [0.29, 0.717) is 12.5 Å². The molecule has 0 atom stereocenters. The summed E-state index contributed by atoms with van der Waals surface area (Å²) in [7, 11) is -3.67. The molecule has 5 nitrogen and oxygen atoms in total. The lowest BCUT2D eigenvalue weighted by atomic mass is 10.2. The van der Waals surface area contributed by atoms with Crippen molar-refractivity contribution in [2.24, 2.45) is 5.92 Å². The average Bonchev–Trinajstić information content (AvgIpc) is 2.34. The molecular weight excluding hydrogens is 304 g/mol. The molecule has 0 amide bonds. The molecule has 7 heteroatoms. The number of rotatable bonds is 7. The normalized spacial score (nSPS) is 11.8. The highest BCUT2D eigenvalue weighted by Crippen LogP contribution is 2.24. The molecule has 112 valence electrons. The lowest BCUT2D eigenvalue weighted by Crippen LogP contribution is -2.15. The number of aromatic carboxylic acids is 1. The Hall–Kier alpha value is -1.11. The summed E-state index contributed by atoms with van der Waals surface area (Å²) in [6, 6.07) is 3.61. The minimum atomic E-state index is -3.67. The molecule has 0 unspecified atom stereocenters. The minimum absolute atomic E-state index is 0.0128. The minimum Gasteiger partial charge on any atom is -0.478 e. The van der Waals surface area contributed by atoms with E-state index in [4.69, 9.17) is 21.4 Å². The van der Waals surface area contributed by atoms with E-state index >= 15 is 0 Å². The molecule has 1 aromatic rings. The molecule has 1 N–H and O–H groups in total. The van der Waals surface area contributed by atoms with Crippen LogP contribution < -0.4 is 0 Å². The van der Waals surface area contributed by atoms with Gasteiger partial charge in [-0.25, -0.2) is 13.2 Å². The number of carboxylic acid groups (broad SMARTS) is 1. The molecule has 0 aliphatic heterocycles. The quantitative estimate of drug-likeness (QED) is 0.781. The Morgan fingerprint density at radius 1 is 1.40 bits per heavy atom. The van der Waals surface area contributed by atoms with Gasteiger partial charge in [-0.1, -0.05) is 25.4 Å². The van der Waals surface area contributed by atoms with Crippen molar-refractivity contribution < 1.29 is 23.1 Å². The number of hydrogen-bond donors (Lipinski definition) is 1. The van der Waals surface area contributed by atoms with E-state index < -0.39 is 15.8 Å². The lowest BCUT2D eigenvalue weighted by Gasteiger charge is -2.09. The van der Waals surface area contributed by atoms with E-state index in [-0.39, 0.29) is 27.8 Å². The molecular formula is C13H17ClO5S. The second-order valence-electron chi connectivity index (χ2n) is 4.74. The van der Waals surface area contributed by atoms with Crippen LogP contribution in [0.25, 0.3) is 0 Å². The number of halogens is 1. The topological polar surface area (TPSA) is 80.7 Å². The van der Waals surface area contributed by atoms with Crippen molar-refractivity contribution in [1.82, 2.24) is 0 Å². The zero-order chi connectivity index (χ0) is 15.3. The van der Waals surface area contributed by atoms with Crippen molar-refractivity contribution in [3.05, 3.63) is 28.8 Å². The van der Waals surface area contributed by atoms with Gasteiger partial charge in [0.25, 0.3) is 0 Å². The van der Waals surface area contributed by atoms with Gasteiger partial charge >= 0.3 is 5.97 Å². The fourth-order valence-corrected chi connectivity index (χ4v) is 3.17. The number of ether oxygens (including phenoxy) is 1. The van der Waals surface area contributed by atoms with Crippen LogP contribution in [0.5, 0.6) is 0 Å². The van der Waals surface area contributed by atoms with E-state index in [1.54, 1.807) is 0 Å². The third-order valence-corrected chi connectivity index (χ3v) is 4.61. The van der Waals surface area contributed by atoms with Gasteiger partial charge in [0.2, 0.25) is 0 Å². The standard InChI is InChI=1S/C13H17ClO5S/c1-9(2)8-19-5-6-20(17,18)12-7-10(13(15)16)3-4-11(12)14/h3-4,7,9H,5-6,8H2,1-2H3,(H,15,16). The van der Waals surface area contributed by atoms with E-state index in [1.165, 1.54) is 12.1 Å². The summed E-state index contributed by atoms with van der Waals surface area (Å²) in [5.74, 6) is -1.12. The SMILES string of the molecule is CC(C)COCCS(=O)(=O)c1cc(C(=O)O)ccc1Cl. The summed E-state index contributed by atoms with van der Waals surface area (Å²) in [5, 5.41) is 8.89. The summed E-state index contributed by atoms with van der Waals surface area (Å²) in [6.07, 6.45) is 0.